The molecule has 0 bridgehead atoms. The average Bonchev–Trinajstić information content (AvgIpc) is 2.95. The van der Waals surface area contributed by atoms with Crippen molar-refractivity contribution in [2.75, 3.05) is 19.6 Å². The Balaban J connectivity index is 0.00000208. The molecule has 5 heteroatoms. The topological polar surface area (TPSA) is 40.5 Å². The van der Waals surface area contributed by atoms with Gasteiger partial charge in [-0.25, -0.2) is 4.99 Å². The third-order valence-corrected chi connectivity index (χ3v) is 5.32. The van der Waals surface area contributed by atoms with E-state index in [4.69, 9.17) is 4.99 Å². The second-order valence-corrected chi connectivity index (χ2v) is 7.17. The Bertz CT molecular complexity index is 552. The van der Waals surface area contributed by atoms with Crippen molar-refractivity contribution in [3.05, 3.63) is 29.6 Å². The number of nitrogens with one attached hydrogen (secondary N) is 1. The lowest BCUT2D eigenvalue weighted by Gasteiger charge is -2.33. The van der Waals surface area contributed by atoms with Gasteiger partial charge in [-0.05, 0) is 50.7 Å². The first-order valence-electron chi connectivity index (χ1n) is 9.17. The van der Waals surface area contributed by atoms with Crippen molar-refractivity contribution >= 4 is 29.9 Å². The fourth-order valence-electron chi connectivity index (χ4n) is 4.10. The van der Waals surface area contributed by atoms with E-state index >= 15 is 0 Å². The summed E-state index contributed by atoms with van der Waals surface area (Å²) in [6.45, 7) is 8.09. The number of aromatic nitrogens is 1. The third kappa shape index (κ3) is 4.83. The van der Waals surface area contributed by atoms with E-state index in [0.29, 0.717) is 12.0 Å². The smallest absolute Gasteiger partial charge is 0.194 e. The van der Waals surface area contributed by atoms with E-state index in [0.717, 1.165) is 30.4 Å². The summed E-state index contributed by atoms with van der Waals surface area (Å²) >= 11 is 0. The van der Waals surface area contributed by atoms with Gasteiger partial charge in [0, 0.05) is 25.3 Å². The van der Waals surface area contributed by atoms with Gasteiger partial charge in [-0.1, -0.05) is 25.3 Å². The van der Waals surface area contributed by atoms with Crippen LogP contribution in [0.3, 0.4) is 0 Å². The van der Waals surface area contributed by atoms with Gasteiger partial charge in [0.15, 0.2) is 5.96 Å². The number of guanidine groups is 1. The lowest BCUT2D eigenvalue weighted by Crippen LogP contribution is -2.41. The van der Waals surface area contributed by atoms with Gasteiger partial charge in [-0.3, -0.25) is 4.98 Å². The fourth-order valence-corrected chi connectivity index (χ4v) is 4.10. The first-order valence-corrected chi connectivity index (χ1v) is 9.17. The summed E-state index contributed by atoms with van der Waals surface area (Å²) in [6, 6.07) is 6.16. The molecule has 2 aliphatic rings. The summed E-state index contributed by atoms with van der Waals surface area (Å²) in [4.78, 5) is 11.9. The lowest BCUT2D eigenvalue weighted by atomic mass is 9.73. The van der Waals surface area contributed by atoms with Crippen LogP contribution in [0.15, 0.2) is 23.2 Å². The minimum absolute atomic E-state index is 0. The molecule has 3 rings (SSSR count). The van der Waals surface area contributed by atoms with Crippen LogP contribution in [-0.2, 0) is 6.54 Å². The number of aliphatic imine (C=N–C) groups is 1. The molecule has 2 fully saturated rings. The van der Waals surface area contributed by atoms with Crippen molar-refractivity contribution in [1.82, 2.24) is 15.2 Å². The Labute approximate surface area is 163 Å². The van der Waals surface area contributed by atoms with E-state index in [9.17, 15) is 0 Å². The fraction of sp³-hybridized carbons (Fsp3) is 0.684. The molecule has 1 N–H and O–H groups in total. The molecule has 24 heavy (non-hydrogen) atoms. The molecule has 2 heterocycles. The maximum atomic E-state index is 4.85. The monoisotopic (exact) mass is 442 g/mol. The van der Waals surface area contributed by atoms with Gasteiger partial charge in [0.05, 0.1) is 12.2 Å². The van der Waals surface area contributed by atoms with Gasteiger partial charge in [0.2, 0.25) is 0 Å². The van der Waals surface area contributed by atoms with Crippen LogP contribution in [0.4, 0.5) is 0 Å². The molecule has 0 atom stereocenters. The standard InChI is InChI=1S/C19H30N4.HI/c1-3-20-18(21-14-17-9-7-8-16(2)22-17)23-13-12-19(15-23)10-5-4-6-11-19;/h7-9H,3-6,10-15H2,1-2H3,(H,20,21);1H. The highest BCUT2D eigenvalue weighted by atomic mass is 127. The number of aryl methyl sites for hydroxylation is 1. The van der Waals surface area contributed by atoms with Gasteiger partial charge in [0.1, 0.15) is 0 Å². The molecule has 134 valence electrons. The molecule has 1 saturated heterocycles. The van der Waals surface area contributed by atoms with Crippen LogP contribution in [0.1, 0.15) is 56.8 Å². The summed E-state index contributed by atoms with van der Waals surface area (Å²) in [5.74, 6) is 1.07. The Morgan fingerprint density at radius 2 is 2.04 bits per heavy atom. The van der Waals surface area contributed by atoms with E-state index in [1.165, 1.54) is 45.1 Å². The van der Waals surface area contributed by atoms with Crippen molar-refractivity contribution in [3.63, 3.8) is 0 Å². The normalized spacial score (nSPS) is 20.1. The molecule has 0 radical (unpaired) electrons. The number of hydrogen-bond acceptors (Lipinski definition) is 2. The Morgan fingerprint density at radius 3 is 2.75 bits per heavy atom. The molecule has 0 unspecified atom stereocenters. The number of nitrogens with zero attached hydrogens (tertiary/aromatic N) is 3. The zero-order valence-electron chi connectivity index (χ0n) is 15.1. The van der Waals surface area contributed by atoms with Gasteiger partial charge in [0.25, 0.3) is 0 Å². The highest BCUT2D eigenvalue weighted by Crippen LogP contribution is 2.43. The van der Waals surface area contributed by atoms with E-state index in [1.807, 2.05) is 13.0 Å². The van der Waals surface area contributed by atoms with Gasteiger partial charge >= 0.3 is 0 Å². The lowest BCUT2D eigenvalue weighted by molar-refractivity contribution is 0.203. The molecule has 1 saturated carbocycles. The zero-order valence-corrected chi connectivity index (χ0v) is 17.4. The number of hydrogen-bond donors (Lipinski definition) is 1. The van der Waals surface area contributed by atoms with Crippen LogP contribution in [0.2, 0.25) is 0 Å². The first kappa shape index (κ1) is 19.5. The van der Waals surface area contributed by atoms with E-state index in [2.05, 4.69) is 34.3 Å². The summed E-state index contributed by atoms with van der Waals surface area (Å²) < 4.78 is 0. The molecule has 1 aromatic rings. The van der Waals surface area contributed by atoms with Crippen LogP contribution in [-0.4, -0.2) is 35.5 Å². The SMILES string of the molecule is CCNC(=NCc1cccc(C)n1)N1CCC2(CCCCC2)C1.I. The molecular weight excluding hydrogens is 411 g/mol. The molecule has 1 spiro atoms. The number of rotatable bonds is 3. The van der Waals surface area contributed by atoms with E-state index < -0.39 is 0 Å². The van der Waals surface area contributed by atoms with Crippen molar-refractivity contribution in [2.45, 2.75) is 58.9 Å². The average molecular weight is 442 g/mol. The maximum absolute atomic E-state index is 4.85. The second kappa shape index (κ2) is 9.02. The minimum atomic E-state index is 0. The molecule has 4 nitrogen and oxygen atoms in total. The van der Waals surface area contributed by atoms with Gasteiger partial charge < -0.3 is 10.2 Å². The molecular formula is C19H31IN4. The quantitative estimate of drug-likeness (QED) is 0.435. The van der Waals surface area contributed by atoms with E-state index in [-0.39, 0.29) is 24.0 Å². The Morgan fingerprint density at radius 1 is 1.25 bits per heavy atom. The van der Waals surface area contributed by atoms with E-state index in [1.54, 1.807) is 0 Å². The maximum Gasteiger partial charge on any atom is 0.194 e. The van der Waals surface area contributed by atoms with Crippen LogP contribution in [0.5, 0.6) is 0 Å². The largest absolute Gasteiger partial charge is 0.357 e. The van der Waals surface area contributed by atoms with Crippen molar-refractivity contribution in [3.8, 4) is 0 Å². The number of halogens is 1. The molecule has 1 aliphatic carbocycles. The van der Waals surface area contributed by atoms with Crippen LogP contribution < -0.4 is 5.32 Å². The second-order valence-electron chi connectivity index (χ2n) is 7.17. The highest BCUT2D eigenvalue weighted by molar-refractivity contribution is 14.0. The highest BCUT2D eigenvalue weighted by Gasteiger charge is 2.39. The minimum Gasteiger partial charge on any atom is -0.357 e. The van der Waals surface area contributed by atoms with Crippen LogP contribution >= 0.6 is 24.0 Å². The number of pyridine rings is 1. The summed E-state index contributed by atoms with van der Waals surface area (Å²) in [5, 5.41) is 3.48. The molecule has 0 aromatic carbocycles. The molecule has 1 aromatic heterocycles. The predicted octanol–water partition coefficient (Wildman–Crippen LogP) is 4.13. The zero-order chi connectivity index (χ0) is 16.1. The van der Waals surface area contributed by atoms with Crippen molar-refractivity contribution < 1.29 is 0 Å². The summed E-state index contributed by atoms with van der Waals surface area (Å²) in [7, 11) is 0. The number of likely N-dealkylation sites (tertiary alicyclic amines) is 1. The molecule has 1 aliphatic heterocycles. The Kier molecular flexibility index (Phi) is 7.32. The van der Waals surface area contributed by atoms with Crippen LogP contribution in [0, 0.1) is 12.3 Å². The predicted molar refractivity (Wildman–Crippen MR) is 111 cm³/mol. The van der Waals surface area contributed by atoms with Crippen molar-refractivity contribution in [1.29, 1.82) is 0 Å². The van der Waals surface area contributed by atoms with Gasteiger partial charge in [-0.15, -0.1) is 24.0 Å². The molecule has 0 amide bonds. The summed E-state index contributed by atoms with van der Waals surface area (Å²) in [5.41, 5.74) is 2.67. The van der Waals surface area contributed by atoms with Crippen molar-refractivity contribution in [2.24, 2.45) is 10.4 Å². The first-order chi connectivity index (χ1) is 11.2. The van der Waals surface area contributed by atoms with Gasteiger partial charge in [-0.2, -0.15) is 0 Å². The Hall–Kier alpha value is -0.850. The summed E-state index contributed by atoms with van der Waals surface area (Å²) in [6.07, 6.45) is 8.39. The van der Waals surface area contributed by atoms with Crippen LogP contribution in [0.25, 0.3) is 0 Å². The third-order valence-electron chi connectivity index (χ3n) is 5.32.